The molecular formula is C27H22FN7O2S. The summed E-state index contributed by atoms with van der Waals surface area (Å²) in [4.78, 5) is 16.4. The van der Waals surface area contributed by atoms with E-state index in [1.807, 2.05) is 18.2 Å². The Morgan fingerprint density at radius 2 is 1.71 bits per heavy atom. The molecule has 0 aliphatic heterocycles. The molecule has 6 aromatic rings. The molecule has 4 N–H and O–H groups in total. The first kappa shape index (κ1) is 23.7. The van der Waals surface area contributed by atoms with E-state index in [1.54, 1.807) is 37.1 Å². The first-order chi connectivity index (χ1) is 18.2. The molecule has 1 aromatic carbocycles. The minimum atomic E-state index is -3.17. The molecule has 6 rings (SSSR count). The third-order valence-electron chi connectivity index (χ3n) is 6.35. The number of sulfone groups is 1. The lowest BCUT2D eigenvalue weighted by Crippen LogP contribution is -2.06. The van der Waals surface area contributed by atoms with Crippen LogP contribution in [0, 0.1) is 5.82 Å². The molecule has 0 aliphatic carbocycles. The molecule has 0 amide bonds. The third kappa shape index (κ3) is 4.59. The zero-order chi connectivity index (χ0) is 26.4. The molecule has 9 nitrogen and oxygen atoms in total. The molecule has 0 fully saturated rings. The molecule has 0 bridgehead atoms. The van der Waals surface area contributed by atoms with E-state index in [4.69, 9.17) is 5.73 Å². The highest BCUT2D eigenvalue weighted by Crippen LogP contribution is 2.35. The van der Waals surface area contributed by atoms with Crippen molar-refractivity contribution >= 4 is 37.5 Å². The Labute approximate surface area is 216 Å². The summed E-state index contributed by atoms with van der Waals surface area (Å²) in [6, 6.07) is 10.4. The zero-order valence-corrected chi connectivity index (χ0v) is 21.1. The molecule has 11 heteroatoms. The van der Waals surface area contributed by atoms with Gasteiger partial charge in [0, 0.05) is 58.5 Å². The van der Waals surface area contributed by atoms with Crippen LogP contribution >= 0.6 is 0 Å². The van der Waals surface area contributed by atoms with Crippen LogP contribution in [0.1, 0.15) is 5.56 Å². The van der Waals surface area contributed by atoms with Crippen molar-refractivity contribution in [1.82, 2.24) is 30.1 Å². The van der Waals surface area contributed by atoms with Crippen LogP contribution in [0.5, 0.6) is 0 Å². The molecule has 5 aromatic heterocycles. The third-order valence-corrected chi connectivity index (χ3v) is 7.29. The quantitative estimate of drug-likeness (QED) is 0.288. The minimum Gasteiger partial charge on any atom is -0.397 e. The van der Waals surface area contributed by atoms with Gasteiger partial charge in [0.1, 0.15) is 15.7 Å². The molecule has 38 heavy (non-hydrogen) atoms. The molecule has 0 spiro atoms. The number of rotatable bonds is 6. The van der Waals surface area contributed by atoms with Gasteiger partial charge in [-0.1, -0.05) is 6.07 Å². The van der Waals surface area contributed by atoms with Crippen LogP contribution in [0.25, 0.3) is 55.6 Å². The molecule has 0 radical (unpaired) electrons. The van der Waals surface area contributed by atoms with Gasteiger partial charge in [-0.15, -0.1) is 0 Å². The van der Waals surface area contributed by atoms with Crippen LogP contribution < -0.4 is 5.73 Å². The summed E-state index contributed by atoms with van der Waals surface area (Å²) in [6.45, 7) is 0. The van der Waals surface area contributed by atoms with Gasteiger partial charge in [-0.05, 0) is 47.9 Å². The van der Waals surface area contributed by atoms with E-state index < -0.39 is 15.7 Å². The van der Waals surface area contributed by atoms with E-state index in [2.05, 4.69) is 30.1 Å². The van der Waals surface area contributed by atoms with Crippen molar-refractivity contribution in [3.63, 3.8) is 0 Å². The van der Waals surface area contributed by atoms with Gasteiger partial charge in [0.2, 0.25) is 0 Å². The van der Waals surface area contributed by atoms with Gasteiger partial charge in [-0.2, -0.15) is 5.10 Å². The number of aromatic nitrogens is 6. The normalized spacial score (nSPS) is 11.9. The number of H-pyrrole nitrogens is 2. The Hall–Kier alpha value is -4.64. The maximum absolute atomic E-state index is 14.5. The van der Waals surface area contributed by atoms with Gasteiger partial charge in [-0.3, -0.25) is 15.1 Å². The van der Waals surface area contributed by atoms with Gasteiger partial charge >= 0.3 is 0 Å². The summed E-state index contributed by atoms with van der Waals surface area (Å²) in [5.41, 5.74) is 12.9. The molecule has 5 heterocycles. The average molecular weight is 528 g/mol. The highest BCUT2D eigenvalue weighted by molar-refractivity contribution is 7.90. The van der Waals surface area contributed by atoms with Crippen molar-refractivity contribution in [3.8, 4) is 33.6 Å². The Morgan fingerprint density at radius 3 is 2.53 bits per heavy atom. The molecule has 190 valence electrons. The van der Waals surface area contributed by atoms with Crippen LogP contribution in [0.15, 0.2) is 67.4 Å². The van der Waals surface area contributed by atoms with E-state index in [0.29, 0.717) is 22.5 Å². The smallest absolute Gasteiger partial charge is 0.181 e. The van der Waals surface area contributed by atoms with Crippen molar-refractivity contribution in [2.45, 2.75) is 6.42 Å². The molecule has 0 saturated heterocycles. The number of halogens is 1. The van der Waals surface area contributed by atoms with Crippen molar-refractivity contribution in [3.05, 3.63) is 78.8 Å². The average Bonchev–Trinajstić information content (AvgIpc) is 3.50. The zero-order valence-electron chi connectivity index (χ0n) is 20.2. The van der Waals surface area contributed by atoms with Gasteiger partial charge in [-0.25, -0.2) is 17.8 Å². The number of pyridine rings is 3. The van der Waals surface area contributed by atoms with Gasteiger partial charge in [0.05, 0.1) is 34.5 Å². The number of nitrogens with one attached hydrogen (secondary N) is 2. The Kier molecular flexibility index (Phi) is 5.64. The summed E-state index contributed by atoms with van der Waals surface area (Å²) in [6.07, 6.45) is 9.80. The highest BCUT2D eigenvalue weighted by Gasteiger charge is 2.16. The lowest BCUT2D eigenvalue weighted by atomic mass is 10.0. The van der Waals surface area contributed by atoms with Gasteiger partial charge < -0.3 is 10.7 Å². The van der Waals surface area contributed by atoms with E-state index in [9.17, 15) is 12.8 Å². The molecule has 0 atom stereocenters. The van der Waals surface area contributed by atoms with Crippen LogP contribution in [0.3, 0.4) is 0 Å². The van der Waals surface area contributed by atoms with Crippen LogP contribution in [0.2, 0.25) is 0 Å². The fraction of sp³-hybridized carbons (Fsp3) is 0.111. The number of anilines is 1. The fourth-order valence-electron chi connectivity index (χ4n) is 4.55. The summed E-state index contributed by atoms with van der Waals surface area (Å²) >= 11 is 0. The lowest BCUT2D eigenvalue weighted by molar-refractivity contribution is 0.600. The maximum atomic E-state index is 14.5. The number of hydrogen-bond donors (Lipinski definition) is 3. The molecule has 0 aliphatic rings. The topological polar surface area (TPSA) is 143 Å². The fourth-order valence-corrected chi connectivity index (χ4v) is 5.15. The first-order valence-corrected chi connectivity index (χ1v) is 13.8. The van der Waals surface area contributed by atoms with E-state index >= 15 is 0 Å². The van der Waals surface area contributed by atoms with E-state index in [1.165, 1.54) is 18.4 Å². The van der Waals surface area contributed by atoms with E-state index in [-0.39, 0.29) is 12.2 Å². The number of aromatic amines is 2. The summed E-state index contributed by atoms with van der Waals surface area (Å²) in [5.74, 6) is -0.491. The van der Waals surface area contributed by atoms with Crippen molar-refractivity contribution in [1.29, 1.82) is 0 Å². The molecule has 0 unspecified atom stereocenters. The Morgan fingerprint density at radius 1 is 0.895 bits per heavy atom. The number of benzene rings is 1. The SMILES string of the molecule is CS(=O)(=O)CCc1cc(F)cc(-c2cncc3[nH]c(-c4[nH]nc5ncc(-c6cncc(N)c6)cc45)cc23)c1. The monoisotopic (exact) mass is 527 g/mol. The van der Waals surface area contributed by atoms with E-state index in [0.717, 1.165) is 44.4 Å². The number of nitrogens with two attached hydrogens (primary N) is 1. The minimum absolute atomic E-state index is 0.0544. The van der Waals surface area contributed by atoms with Crippen LogP contribution in [-0.2, 0) is 16.3 Å². The van der Waals surface area contributed by atoms with Crippen molar-refractivity contribution < 1.29 is 12.8 Å². The second-order valence-electron chi connectivity index (χ2n) is 9.26. The van der Waals surface area contributed by atoms with Crippen molar-refractivity contribution in [2.24, 2.45) is 0 Å². The number of nitrogens with zero attached hydrogens (tertiary/aromatic N) is 4. The molecular weight excluding hydrogens is 505 g/mol. The Balaban J connectivity index is 1.43. The predicted octanol–water partition coefficient (Wildman–Crippen LogP) is 4.54. The van der Waals surface area contributed by atoms with Gasteiger partial charge in [0.25, 0.3) is 0 Å². The highest BCUT2D eigenvalue weighted by atomic mass is 32.2. The maximum Gasteiger partial charge on any atom is 0.181 e. The summed E-state index contributed by atoms with van der Waals surface area (Å²) in [5, 5.41) is 9.06. The second-order valence-corrected chi connectivity index (χ2v) is 11.5. The first-order valence-electron chi connectivity index (χ1n) is 11.7. The number of fused-ring (bicyclic) bond motifs is 2. The van der Waals surface area contributed by atoms with Crippen LogP contribution in [-0.4, -0.2) is 50.6 Å². The standard InChI is InChI=1S/C27H22FN7O2S/c1-38(36,37)3-2-15-4-16(6-19(28)5-15)23-13-31-14-25-21(23)9-24(33-25)26-22-8-18(11-32-27(22)35-34-26)17-7-20(29)12-30-10-17/h4-14,33H,2-3,29H2,1H3,(H,32,34,35). The lowest BCUT2D eigenvalue weighted by Gasteiger charge is -2.07. The molecule has 0 saturated carbocycles. The second kappa shape index (κ2) is 9.03. The van der Waals surface area contributed by atoms with Gasteiger partial charge in [0.15, 0.2) is 5.65 Å². The van der Waals surface area contributed by atoms with Crippen LogP contribution in [0.4, 0.5) is 10.1 Å². The number of nitrogen functional groups attached to an aromatic ring is 1. The largest absolute Gasteiger partial charge is 0.397 e. The summed E-state index contributed by atoms with van der Waals surface area (Å²) < 4.78 is 37.8. The summed E-state index contributed by atoms with van der Waals surface area (Å²) in [7, 11) is -3.17. The predicted molar refractivity (Wildman–Crippen MR) is 145 cm³/mol. The van der Waals surface area contributed by atoms with Crippen molar-refractivity contribution in [2.75, 3.05) is 17.7 Å². The number of hydrogen-bond acceptors (Lipinski definition) is 7. The number of aryl methyl sites for hydroxylation is 1. The Bertz CT molecular complexity index is 1950.